The minimum atomic E-state index is -0.421. The Kier molecular flexibility index (Phi) is 4.97. The molecule has 0 spiro atoms. The molecule has 1 aromatic rings. The number of nitrogens with one attached hydrogen (secondary N) is 1. The number of carbonyl (C=O) groups excluding carboxylic acids is 1. The third kappa shape index (κ3) is 3.36. The average molecular weight is 307 g/mol. The van der Waals surface area contributed by atoms with E-state index in [1.165, 1.54) is 6.07 Å². The molecule has 0 unspecified atom stereocenters. The molecule has 1 aliphatic rings. The van der Waals surface area contributed by atoms with E-state index in [1.807, 2.05) is 0 Å². The van der Waals surface area contributed by atoms with Crippen LogP contribution in [0, 0.1) is 17.0 Å². The Labute approximate surface area is 129 Å². The van der Waals surface area contributed by atoms with Gasteiger partial charge in [-0.2, -0.15) is 0 Å². The molecule has 0 bridgehead atoms. The maximum Gasteiger partial charge on any atom is 0.318 e. The van der Waals surface area contributed by atoms with Gasteiger partial charge in [0.1, 0.15) is 0 Å². The first-order valence-corrected chi connectivity index (χ1v) is 7.37. The molecule has 1 aromatic carbocycles. The van der Waals surface area contributed by atoms with Crippen LogP contribution in [0.2, 0.25) is 0 Å². The largest absolute Gasteiger partial charge is 0.394 e. The minimum Gasteiger partial charge on any atom is -0.394 e. The van der Waals surface area contributed by atoms with Crippen LogP contribution >= 0.6 is 0 Å². The van der Waals surface area contributed by atoms with E-state index in [0.29, 0.717) is 17.7 Å². The van der Waals surface area contributed by atoms with Crippen molar-refractivity contribution in [2.24, 2.45) is 0 Å². The van der Waals surface area contributed by atoms with Gasteiger partial charge in [0.2, 0.25) is 0 Å². The summed E-state index contributed by atoms with van der Waals surface area (Å²) in [5, 5.41) is 23.1. The second kappa shape index (κ2) is 6.74. The number of hydrogen-bond acceptors (Lipinski definition) is 4. The topological polar surface area (TPSA) is 95.7 Å². The monoisotopic (exact) mass is 307 g/mol. The van der Waals surface area contributed by atoms with E-state index < -0.39 is 4.92 Å². The quantitative estimate of drug-likeness (QED) is 0.658. The van der Waals surface area contributed by atoms with E-state index >= 15 is 0 Å². The van der Waals surface area contributed by atoms with Gasteiger partial charge in [-0.3, -0.25) is 10.1 Å². The number of rotatable bonds is 4. The van der Waals surface area contributed by atoms with Crippen LogP contribution in [0.3, 0.4) is 0 Å². The highest BCUT2D eigenvalue weighted by Crippen LogP contribution is 2.24. The summed E-state index contributed by atoms with van der Waals surface area (Å²) in [6.07, 6.45) is 1.68. The molecule has 2 N–H and O–H groups in total. The number of aliphatic hydroxyl groups excluding tert-OH is 1. The third-order valence-corrected chi connectivity index (χ3v) is 4.12. The predicted molar refractivity (Wildman–Crippen MR) is 81.6 cm³/mol. The molecular formula is C15H21N3O4. The summed E-state index contributed by atoms with van der Waals surface area (Å²) in [6.45, 7) is 4.05. The number of benzene rings is 1. The molecule has 1 heterocycles. The Balaban J connectivity index is 2.09. The van der Waals surface area contributed by atoms with Crippen LogP contribution in [0.4, 0.5) is 10.5 Å². The van der Waals surface area contributed by atoms with Crippen molar-refractivity contribution < 1.29 is 14.8 Å². The maximum absolute atomic E-state index is 12.3. The third-order valence-electron chi connectivity index (χ3n) is 4.12. The standard InChI is InChI=1S/C15H21N3O4/c1-10-5-6-12(8-14(10)18(21)22)11(2)16-15(20)17-7-3-4-13(17)9-19/h5-6,8,11,13,19H,3-4,7,9H2,1-2H3,(H,16,20)/t11-,13+/m0/s1. The summed E-state index contributed by atoms with van der Waals surface area (Å²) in [6, 6.07) is 4.23. The lowest BCUT2D eigenvalue weighted by atomic mass is 10.0. The molecule has 22 heavy (non-hydrogen) atoms. The molecule has 0 aromatic heterocycles. The number of nitro groups is 1. The first-order chi connectivity index (χ1) is 10.4. The van der Waals surface area contributed by atoms with E-state index in [2.05, 4.69) is 5.32 Å². The molecule has 1 fully saturated rings. The van der Waals surface area contributed by atoms with Gasteiger partial charge in [-0.1, -0.05) is 12.1 Å². The zero-order chi connectivity index (χ0) is 16.3. The van der Waals surface area contributed by atoms with Gasteiger partial charge in [-0.05, 0) is 32.3 Å². The van der Waals surface area contributed by atoms with Crippen LogP contribution in [-0.4, -0.2) is 40.2 Å². The first-order valence-electron chi connectivity index (χ1n) is 7.37. The molecule has 120 valence electrons. The molecule has 2 atom stereocenters. The van der Waals surface area contributed by atoms with Crippen molar-refractivity contribution in [1.29, 1.82) is 0 Å². The fraction of sp³-hybridized carbons (Fsp3) is 0.533. The van der Waals surface area contributed by atoms with Crippen LogP contribution < -0.4 is 5.32 Å². The van der Waals surface area contributed by atoms with Gasteiger partial charge in [-0.15, -0.1) is 0 Å². The molecular weight excluding hydrogens is 286 g/mol. The maximum atomic E-state index is 12.3. The summed E-state index contributed by atoms with van der Waals surface area (Å²) in [5.74, 6) is 0. The van der Waals surface area contributed by atoms with Crippen LogP contribution in [0.25, 0.3) is 0 Å². The second-order valence-corrected chi connectivity index (χ2v) is 5.65. The van der Waals surface area contributed by atoms with Gasteiger partial charge in [-0.25, -0.2) is 4.79 Å². The Morgan fingerprint density at radius 1 is 1.59 bits per heavy atom. The van der Waals surface area contributed by atoms with Crippen molar-refractivity contribution in [2.45, 2.75) is 38.8 Å². The van der Waals surface area contributed by atoms with Crippen molar-refractivity contribution in [2.75, 3.05) is 13.2 Å². The van der Waals surface area contributed by atoms with Crippen LogP contribution in [0.15, 0.2) is 18.2 Å². The highest BCUT2D eigenvalue weighted by Gasteiger charge is 2.29. The molecule has 2 amide bonds. The Morgan fingerprint density at radius 2 is 2.32 bits per heavy atom. The molecule has 2 rings (SSSR count). The number of urea groups is 1. The predicted octanol–water partition coefficient (Wildman–Crippen LogP) is 2.13. The zero-order valence-corrected chi connectivity index (χ0v) is 12.8. The van der Waals surface area contributed by atoms with Gasteiger partial charge in [0.05, 0.1) is 23.6 Å². The Bertz CT molecular complexity index is 576. The van der Waals surface area contributed by atoms with E-state index in [4.69, 9.17) is 0 Å². The van der Waals surface area contributed by atoms with Crippen molar-refractivity contribution in [3.8, 4) is 0 Å². The summed E-state index contributed by atoms with van der Waals surface area (Å²) in [7, 11) is 0. The fourth-order valence-electron chi connectivity index (χ4n) is 2.74. The molecule has 7 nitrogen and oxygen atoms in total. The molecule has 1 saturated heterocycles. The number of aliphatic hydroxyl groups is 1. The van der Waals surface area contributed by atoms with E-state index in [-0.39, 0.29) is 30.4 Å². The molecule has 0 radical (unpaired) electrons. The van der Waals surface area contributed by atoms with Crippen molar-refractivity contribution >= 4 is 11.7 Å². The van der Waals surface area contributed by atoms with Crippen molar-refractivity contribution in [3.05, 3.63) is 39.4 Å². The van der Waals surface area contributed by atoms with Gasteiger partial charge < -0.3 is 15.3 Å². The first kappa shape index (κ1) is 16.2. The molecule has 7 heteroatoms. The van der Waals surface area contributed by atoms with Crippen LogP contribution in [0.5, 0.6) is 0 Å². The lowest BCUT2D eigenvalue weighted by Gasteiger charge is -2.25. The van der Waals surface area contributed by atoms with Gasteiger partial charge in [0, 0.05) is 18.2 Å². The number of amides is 2. The Morgan fingerprint density at radius 3 is 2.95 bits per heavy atom. The van der Waals surface area contributed by atoms with Crippen LogP contribution in [0.1, 0.15) is 36.9 Å². The van der Waals surface area contributed by atoms with Crippen LogP contribution in [-0.2, 0) is 0 Å². The van der Waals surface area contributed by atoms with Crippen molar-refractivity contribution in [3.63, 3.8) is 0 Å². The minimum absolute atomic E-state index is 0.0438. The average Bonchev–Trinajstić information content (AvgIpc) is 2.95. The lowest BCUT2D eigenvalue weighted by molar-refractivity contribution is -0.385. The van der Waals surface area contributed by atoms with Gasteiger partial charge in [0.15, 0.2) is 0 Å². The van der Waals surface area contributed by atoms with Gasteiger partial charge >= 0.3 is 6.03 Å². The second-order valence-electron chi connectivity index (χ2n) is 5.65. The number of aryl methyl sites for hydroxylation is 1. The van der Waals surface area contributed by atoms with E-state index in [9.17, 15) is 20.0 Å². The highest BCUT2D eigenvalue weighted by atomic mass is 16.6. The summed E-state index contributed by atoms with van der Waals surface area (Å²) in [5.41, 5.74) is 1.32. The lowest BCUT2D eigenvalue weighted by Crippen LogP contribution is -2.44. The summed E-state index contributed by atoms with van der Waals surface area (Å²) in [4.78, 5) is 24.4. The summed E-state index contributed by atoms with van der Waals surface area (Å²) < 4.78 is 0. The number of nitro benzene ring substituents is 1. The smallest absolute Gasteiger partial charge is 0.318 e. The Hall–Kier alpha value is -2.15. The van der Waals surface area contributed by atoms with Gasteiger partial charge in [0.25, 0.3) is 5.69 Å². The number of carbonyl (C=O) groups is 1. The van der Waals surface area contributed by atoms with E-state index in [0.717, 1.165) is 12.8 Å². The number of hydrogen-bond donors (Lipinski definition) is 2. The number of nitrogens with zero attached hydrogens (tertiary/aromatic N) is 2. The van der Waals surface area contributed by atoms with Crippen molar-refractivity contribution in [1.82, 2.24) is 10.2 Å². The molecule has 0 saturated carbocycles. The fourth-order valence-corrected chi connectivity index (χ4v) is 2.74. The number of likely N-dealkylation sites (tertiary alicyclic amines) is 1. The molecule has 0 aliphatic carbocycles. The molecule has 1 aliphatic heterocycles. The normalized spacial score (nSPS) is 19.0. The van der Waals surface area contributed by atoms with E-state index in [1.54, 1.807) is 30.9 Å². The zero-order valence-electron chi connectivity index (χ0n) is 12.8. The highest BCUT2D eigenvalue weighted by molar-refractivity contribution is 5.75. The summed E-state index contributed by atoms with van der Waals surface area (Å²) >= 11 is 0. The SMILES string of the molecule is Cc1ccc([C@H](C)NC(=O)N2CCC[C@@H]2CO)cc1[N+](=O)[O-].